The summed E-state index contributed by atoms with van der Waals surface area (Å²) < 4.78 is 0. The fourth-order valence-electron chi connectivity index (χ4n) is 1.48. The summed E-state index contributed by atoms with van der Waals surface area (Å²) in [5, 5.41) is 0.670. The van der Waals surface area contributed by atoms with Crippen molar-refractivity contribution in [1.29, 1.82) is 0 Å². The van der Waals surface area contributed by atoms with E-state index in [4.69, 9.17) is 17.3 Å². The normalized spacial score (nSPS) is 18.6. The van der Waals surface area contributed by atoms with Crippen LogP contribution < -0.4 is 5.73 Å². The van der Waals surface area contributed by atoms with Gasteiger partial charge in [0.15, 0.2) is 0 Å². The maximum Gasteiger partial charge on any atom is 0.0592 e. The Morgan fingerprint density at radius 1 is 1.54 bits per heavy atom. The smallest absolute Gasteiger partial charge is 0.0592 e. The highest BCUT2D eigenvalue weighted by molar-refractivity contribution is 6.30. The summed E-state index contributed by atoms with van der Waals surface area (Å²) in [4.78, 5) is 4.02. The van der Waals surface area contributed by atoms with E-state index < -0.39 is 0 Å². The largest absolute Gasteiger partial charge is 0.324 e. The molecule has 0 bridgehead atoms. The van der Waals surface area contributed by atoms with Crippen LogP contribution in [0, 0.1) is 5.92 Å². The molecule has 1 aliphatic carbocycles. The lowest BCUT2D eigenvalue weighted by atomic mass is 10.0. The van der Waals surface area contributed by atoms with Crippen LogP contribution in [0.2, 0.25) is 5.02 Å². The van der Waals surface area contributed by atoms with E-state index in [0.717, 1.165) is 17.9 Å². The second kappa shape index (κ2) is 3.64. The molecule has 1 aromatic rings. The molecule has 1 atom stereocenters. The van der Waals surface area contributed by atoms with E-state index in [1.807, 2.05) is 6.07 Å². The highest BCUT2D eigenvalue weighted by atomic mass is 35.5. The first-order chi connectivity index (χ1) is 6.25. The third-order valence-corrected chi connectivity index (χ3v) is 2.65. The lowest BCUT2D eigenvalue weighted by Gasteiger charge is -2.10. The summed E-state index contributed by atoms with van der Waals surface area (Å²) in [6.07, 6.45) is 7.18. The van der Waals surface area contributed by atoms with Gasteiger partial charge in [-0.25, -0.2) is 0 Å². The molecule has 0 radical (unpaired) electrons. The Hall–Kier alpha value is -0.600. The molecule has 0 aromatic carbocycles. The van der Waals surface area contributed by atoms with Gasteiger partial charge in [-0.1, -0.05) is 24.4 Å². The monoisotopic (exact) mass is 196 g/mol. The Morgan fingerprint density at radius 3 is 2.92 bits per heavy atom. The molecule has 0 amide bonds. The minimum absolute atomic E-state index is 0.110. The van der Waals surface area contributed by atoms with Gasteiger partial charge in [-0.15, -0.1) is 0 Å². The van der Waals surface area contributed by atoms with Crippen molar-refractivity contribution >= 4 is 11.6 Å². The summed E-state index contributed by atoms with van der Waals surface area (Å²) in [6, 6.07) is 2.01. The molecule has 3 heteroatoms. The minimum atomic E-state index is 0.110. The summed E-state index contributed by atoms with van der Waals surface area (Å²) in [6.45, 7) is 0. The summed E-state index contributed by atoms with van der Waals surface area (Å²) in [7, 11) is 0. The molecule has 1 aromatic heterocycles. The van der Waals surface area contributed by atoms with Crippen LogP contribution in [-0.4, -0.2) is 4.98 Å². The van der Waals surface area contributed by atoms with Crippen molar-refractivity contribution in [3.05, 3.63) is 29.0 Å². The van der Waals surface area contributed by atoms with Gasteiger partial charge in [-0.3, -0.25) is 4.98 Å². The zero-order chi connectivity index (χ0) is 9.26. The van der Waals surface area contributed by atoms with Gasteiger partial charge in [0.25, 0.3) is 0 Å². The van der Waals surface area contributed by atoms with Crippen molar-refractivity contribution in [1.82, 2.24) is 4.98 Å². The van der Waals surface area contributed by atoms with E-state index in [9.17, 15) is 0 Å². The zero-order valence-electron chi connectivity index (χ0n) is 7.41. The second-order valence-corrected chi connectivity index (χ2v) is 4.16. The predicted molar refractivity (Wildman–Crippen MR) is 53.5 cm³/mol. The second-order valence-electron chi connectivity index (χ2n) is 3.72. The van der Waals surface area contributed by atoms with Crippen molar-refractivity contribution < 1.29 is 0 Å². The Labute approximate surface area is 83.1 Å². The van der Waals surface area contributed by atoms with Crippen LogP contribution in [-0.2, 0) is 0 Å². The summed E-state index contributed by atoms with van der Waals surface area (Å²) >= 11 is 5.82. The standard InChI is InChI=1S/C10H13ClN2/c11-9-4-8(5-13-6-9)10(12)3-7-1-2-7/h4-7,10H,1-3,12H2. The van der Waals surface area contributed by atoms with Crippen molar-refractivity contribution in [3.63, 3.8) is 0 Å². The lowest BCUT2D eigenvalue weighted by Crippen LogP contribution is -2.11. The van der Waals surface area contributed by atoms with Crippen LogP contribution in [0.3, 0.4) is 0 Å². The van der Waals surface area contributed by atoms with Gasteiger partial charge in [0.2, 0.25) is 0 Å². The quantitative estimate of drug-likeness (QED) is 0.807. The van der Waals surface area contributed by atoms with Gasteiger partial charge in [0.1, 0.15) is 0 Å². The first kappa shape index (κ1) is 8.97. The third kappa shape index (κ3) is 2.42. The number of aromatic nitrogens is 1. The fourth-order valence-corrected chi connectivity index (χ4v) is 1.66. The lowest BCUT2D eigenvalue weighted by molar-refractivity contribution is 0.595. The van der Waals surface area contributed by atoms with Gasteiger partial charge in [0, 0.05) is 18.4 Å². The van der Waals surface area contributed by atoms with E-state index >= 15 is 0 Å². The van der Waals surface area contributed by atoms with Gasteiger partial charge in [0.05, 0.1) is 5.02 Å². The number of pyridine rings is 1. The van der Waals surface area contributed by atoms with Gasteiger partial charge < -0.3 is 5.73 Å². The van der Waals surface area contributed by atoms with E-state index in [1.165, 1.54) is 12.8 Å². The van der Waals surface area contributed by atoms with Crippen molar-refractivity contribution in [2.45, 2.75) is 25.3 Å². The van der Waals surface area contributed by atoms with Crippen LogP contribution in [0.1, 0.15) is 30.9 Å². The van der Waals surface area contributed by atoms with Crippen LogP contribution in [0.5, 0.6) is 0 Å². The molecule has 1 fully saturated rings. The molecule has 70 valence electrons. The van der Waals surface area contributed by atoms with Crippen molar-refractivity contribution in [2.75, 3.05) is 0 Å². The van der Waals surface area contributed by atoms with Crippen LogP contribution in [0.15, 0.2) is 18.5 Å². The molecule has 1 heterocycles. The molecule has 13 heavy (non-hydrogen) atoms. The molecule has 2 N–H and O–H groups in total. The molecule has 0 aliphatic heterocycles. The Balaban J connectivity index is 2.04. The molecule has 1 saturated carbocycles. The van der Waals surface area contributed by atoms with E-state index in [1.54, 1.807) is 12.4 Å². The van der Waals surface area contributed by atoms with E-state index in [0.29, 0.717) is 5.02 Å². The summed E-state index contributed by atoms with van der Waals surface area (Å²) in [5.41, 5.74) is 7.06. The predicted octanol–water partition coefficient (Wildman–Crippen LogP) is 2.53. The fraction of sp³-hybridized carbons (Fsp3) is 0.500. The third-order valence-electron chi connectivity index (χ3n) is 2.44. The van der Waals surface area contributed by atoms with Gasteiger partial charge in [-0.2, -0.15) is 0 Å². The summed E-state index contributed by atoms with van der Waals surface area (Å²) in [5.74, 6) is 0.842. The minimum Gasteiger partial charge on any atom is -0.324 e. The van der Waals surface area contributed by atoms with Crippen molar-refractivity contribution in [2.24, 2.45) is 11.7 Å². The van der Waals surface area contributed by atoms with Gasteiger partial charge in [-0.05, 0) is 24.0 Å². The molecular weight excluding hydrogens is 184 g/mol. The maximum atomic E-state index is 6.01. The molecule has 0 spiro atoms. The Kier molecular flexibility index (Phi) is 2.51. The number of rotatable bonds is 3. The SMILES string of the molecule is NC(CC1CC1)c1cncc(Cl)c1. The number of halogens is 1. The first-order valence-electron chi connectivity index (χ1n) is 4.62. The van der Waals surface area contributed by atoms with Crippen LogP contribution in [0.25, 0.3) is 0 Å². The molecule has 1 unspecified atom stereocenters. The number of hydrogen-bond acceptors (Lipinski definition) is 2. The first-order valence-corrected chi connectivity index (χ1v) is 4.99. The molecule has 0 saturated heterocycles. The average molecular weight is 197 g/mol. The molecular formula is C10H13ClN2. The zero-order valence-corrected chi connectivity index (χ0v) is 8.17. The highest BCUT2D eigenvalue weighted by Gasteiger charge is 2.24. The van der Waals surface area contributed by atoms with Crippen LogP contribution >= 0.6 is 11.6 Å². The van der Waals surface area contributed by atoms with Crippen LogP contribution in [0.4, 0.5) is 0 Å². The topological polar surface area (TPSA) is 38.9 Å². The maximum absolute atomic E-state index is 6.01. The Bertz CT molecular complexity index is 297. The molecule has 2 nitrogen and oxygen atoms in total. The van der Waals surface area contributed by atoms with E-state index in [-0.39, 0.29) is 6.04 Å². The number of nitrogens with zero attached hydrogens (tertiary/aromatic N) is 1. The number of nitrogens with two attached hydrogens (primary N) is 1. The molecule has 2 rings (SSSR count). The highest BCUT2D eigenvalue weighted by Crippen LogP contribution is 2.36. The van der Waals surface area contributed by atoms with Crippen molar-refractivity contribution in [3.8, 4) is 0 Å². The molecule has 1 aliphatic rings. The number of hydrogen-bond donors (Lipinski definition) is 1. The average Bonchev–Trinajstić information content (AvgIpc) is 2.88. The van der Waals surface area contributed by atoms with E-state index in [2.05, 4.69) is 4.98 Å². The Morgan fingerprint density at radius 2 is 2.31 bits per heavy atom. The van der Waals surface area contributed by atoms with Gasteiger partial charge >= 0.3 is 0 Å².